The van der Waals surface area contributed by atoms with Gasteiger partial charge in [0.05, 0.1) is 6.10 Å². The lowest BCUT2D eigenvalue weighted by Gasteiger charge is -2.27. The van der Waals surface area contributed by atoms with Crippen LogP contribution in [0.25, 0.3) is 0 Å². The fourth-order valence-corrected chi connectivity index (χ4v) is 2.03. The second-order valence-electron chi connectivity index (χ2n) is 4.44. The average Bonchev–Trinajstić information content (AvgIpc) is 2.31. The van der Waals surface area contributed by atoms with Gasteiger partial charge in [-0.25, -0.2) is 0 Å². The van der Waals surface area contributed by atoms with Crippen molar-refractivity contribution in [2.75, 3.05) is 26.2 Å². The zero-order valence-corrected chi connectivity index (χ0v) is 9.82. The van der Waals surface area contributed by atoms with Gasteiger partial charge in [-0.05, 0) is 18.1 Å². The van der Waals surface area contributed by atoms with Gasteiger partial charge >= 0.3 is 0 Å². The maximum atomic E-state index is 9.42. The highest BCUT2D eigenvalue weighted by molar-refractivity contribution is 5.23. The highest BCUT2D eigenvalue weighted by Crippen LogP contribution is 2.14. The SMILES string of the molecule is CC(O)c1ccc(CN2CCNCC2)cc1. The molecule has 2 N–H and O–H groups in total. The Labute approximate surface area is 97.1 Å². The Morgan fingerprint density at radius 3 is 2.44 bits per heavy atom. The second-order valence-corrected chi connectivity index (χ2v) is 4.44. The molecule has 88 valence electrons. The van der Waals surface area contributed by atoms with Crippen LogP contribution >= 0.6 is 0 Å². The van der Waals surface area contributed by atoms with E-state index in [1.165, 1.54) is 5.56 Å². The molecule has 0 spiro atoms. The summed E-state index contributed by atoms with van der Waals surface area (Å²) in [6.07, 6.45) is -0.367. The molecule has 3 nitrogen and oxygen atoms in total. The number of nitrogens with one attached hydrogen (secondary N) is 1. The molecule has 1 aromatic rings. The molecular formula is C13H20N2O. The fourth-order valence-electron chi connectivity index (χ4n) is 2.03. The summed E-state index contributed by atoms with van der Waals surface area (Å²) in [4.78, 5) is 2.45. The van der Waals surface area contributed by atoms with E-state index >= 15 is 0 Å². The van der Waals surface area contributed by atoms with Crippen molar-refractivity contribution in [1.29, 1.82) is 0 Å². The lowest BCUT2D eigenvalue weighted by molar-refractivity contribution is 0.199. The Kier molecular flexibility index (Phi) is 3.93. The fraction of sp³-hybridized carbons (Fsp3) is 0.538. The van der Waals surface area contributed by atoms with E-state index in [9.17, 15) is 5.11 Å². The van der Waals surface area contributed by atoms with Crippen molar-refractivity contribution >= 4 is 0 Å². The summed E-state index contributed by atoms with van der Waals surface area (Å²) < 4.78 is 0. The minimum absolute atomic E-state index is 0.367. The first-order valence-electron chi connectivity index (χ1n) is 5.95. The van der Waals surface area contributed by atoms with Gasteiger partial charge in [0.2, 0.25) is 0 Å². The van der Waals surface area contributed by atoms with Crippen molar-refractivity contribution in [3.8, 4) is 0 Å². The molecule has 0 radical (unpaired) electrons. The quantitative estimate of drug-likeness (QED) is 0.802. The van der Waals surface area contributed by atoms with Gasteiger partial charge in [0.15, 0.2) is 0 Å². The number of piperazine rings is 1. The van der Waals surface area contributed by atoms with E-state index in [4.69, 9.17) is 0 Å². The summed E-state index contributed by atoms with van der Waals surface area (Å²) in [6, 6.07) is 8.26. The molecule has 1 atom stereocenters. The number of hydrogen-bond acceptors (Lipinski definition) is 3. The number of hydrogen-bond donors (Lipinski definition) is 2. The Bertz CT molecular complexity index is 315. The minimum atomic E-state index is -0.367. The lowest BCUT2D eigenvalue weighted by Crippen LogP contribution is -2.42. The van der Waals surface area contributed by atoms with Crippen LogP contribution in [0, 0.1) is 0 Å². The molecule has 1 fully saturated rings. The first-order chi connectivity index (χ1) is 7.75. The van der Waals surface area contributed by atoms with Gasteiger partial charge < -0.3 is 10.4 Å². The van der Waals surface area contributed by atoms with Crippen LogP contribution in [0.5, 0.6) is 0 Å². The Balaban J connectivity index is 1.93. The van der Waals surface area contributed by atoms with Crippen molar-refractivity contribution in [3.05, 3.63) is 35.4 Å². The molecule has 0 saturated carbocycles. The van der Waals surface area contributed by atoms with Crippen LogP contribution in [0.2, 0.25) is 0 Å². The van der Waals surface area contributed by atoms with Crippen LogP contribution in [0.4, 0.5) is 0 Å². The first kappa shape index (κ1) is 11.6. The monoisotopic (exact) mass is 220 g/mol. The van der Waals surface area contributed by atoms with Gasteiger partial charge in [-0.1, -0.05) is 24.3 Å². The van der Waals surface area contributed by atoms with Crippen molar-refractivity contribution in [2.45, 2.75) is 19.6 Å². The standard InChI is InChI=1S/C13H20N2O/c1-11(16)13-4-2-12(3-5-13)10-15-8-6-14-7-9-15/h2-5,11,14,16H,6-10H2,1H3. The Morgan fingerprint density at radius 1 is 1.25 bits per heavy atom. The van der Waals surface area contributed by atoms with Crippen molar-refractivity contribution < 1.29 is 5.11 Å². The molecule has 1 aliphatic rings. The van der Waals surface area contributed by atoms with Gasteiger partial charge in [-0.2, -0.15) is 0 Å². The molecule has 0 bridgehead atoms. The zero-order valence-electron chi connectivity index (χ0n) is 9.82. The van der Waals surface area contributed by atoms with E-state index in [1.807, 2.05) is 12.1 Å². The minimum Gasteiger partial charge on any atom is -0.389 e. The molecule has 1 aromatic carbocycles. The lowest BCUT2D eigenvalue weighted by atomic mass is 10.1. The molecule has 16 heavy (non-hydrogen) atoms. The van der Waals surface area contributed by atoms with Gasteiger partial charge in [0, 0.05) is 32.7 Å². The highest BCUT2D eigenvalue weighted by atomic mass is 16.3. The largest absolute Gasteiger partial charge is 0.389 e. The zero-order chi connectivity index (χ0) is 11.4. The van der Waals surface area contributed by atoms with Crippen LogP contribution < -0.4 is 5.32 Å². The van der Waals surface area contributed by atoms with Gasteiger partial charge in [-0.3, -0.25) is 4.90 Å². The average molecular weight is 220 g/mol. The predicted octanol–water partition coefficient (Wildman–Crippen LogP) is 1.15. The third kappa shape index (κ3) is 3.04. The highest BCUT2D eigenvalue weighted by Gasteiger charge is 2.09. The van der Waals surface area contributed by atoms with Crippen LogP contribution in [-0.2, 0) is 6.54 Å². The normalized spacial score (nSPS) is 19.6. The summed E-state index contributed by atoms with van der Waals surface area (Å²) in [5.74, 6) is 0. The van der Waals surface area contributed by atoms with Crippen molar-refractivity contribution in [1.82, 2.24) is 10.2 Å². The molecule has 0 aliphatic carbocycles. The number of rotatable bonds is 3. The summed E-state index contributed by atoms with van der Waals surface area (Å²) in [5.41, 5.74) is 2.32. The number of aliphatic hydroxyl groups excluding tert-OH is 1. The summed E-state index contributed by atoms with van der Waals surface area (Å²) >= 11 is 0. The van der Waals surface area contributed by atoms with Crippen LogP contribution in [0.15, 0.2) is 24.3 Å². The van der Waals surface area contributed by atoms with Crippen molar-refractivity contribution in [3.63, 3.8) is 0 Å². The van der Waals surface area contributed by atoms with E-state index in [0.29, 0.717) is 0 Å². The maximum absolute atomic E-state index is 9.42. The number of nitrogens with zero attached hydrogens (tertiary/aromatic N) is 1. The topological polar surface area (TPSA) is 35.5 Å². The first-order valence-corrected chi connectivity index (χ1v) is 5.95. The van der Waals surface area contributed by atoms with Gasteiger partial charge in [-0.15, -0.1) is 0 Å². The van der Waals surface area contributed by atoms with Gasteiger partial charge in [0.1, 0.15) is 0 Å². The van der Waals surface area contributed by atoms with E-state index in [1.54, 1.807) is 6.92 Å². The van der Waals surface area contributed by atoms with E-state index in [-0.39, 0.29) is 6.10 Å². The molecule has 2 rings (SSSR count). The number of benzene rings is 1. The smallest absolute Gasteiger partial charge is 0.0761 e. The Hall–Kier alpha value is -0.900. The molecule has 1 unspecified atom stereocenters. The third-order valence-electron chi connectivity index (χ3n) is 3.08. The predicted molar refractivity (Wildman–Crippen MR) is 65.2 cm³/mol. The Morgan fingerprint density at radius 2 is 1.88 bits per heavy atom. The maximum Gasteiger partial charge on any atom is 0.0761 e. The summed E-state index contributed by atoms with van der Waals surface area (Å²) in [6.45, 7) is 7.24. The number of aliphatic hydroxyl groups is 1. The molecule has 1 saturated heterocycles. The second kappa shape index (κ2) is 5.43. The van der Waals surface area contributed by atoms with Crippen LogP contribution in [0.3, 0.4) is 0 Å². The third-order valence-corrected chi connectivity index (χ3v) is 3.08. The molecular weight excluding hydrogens is 200 g/mol. The molecule has 3 heteroatoms. The van der Waals surface area contributed by atoms with E-state index in [0.717, 1.165) is 38.3 Å². The van der Waals surface area contributed by atoms with Crippen LogP contribution in [-0.4, -0.2) is 36.2 Å². The molecule has 1 heterocycles. The molecule has 0 aromatic heterocycles. The summed E-state index contributed by atoms with van der Waals surface area (Å²) in [7, 11) is 0. The van der Waals surface area contributed by atoms with Crippen LogP contribution in [0.1, 0.15) is 24.2 Å². The van der Waals surface area contributed by atoms with E-state index < -0.39 is 0 Å². The van der Waals surface area contributed by atoms with Crippen molar-refractivity contribution in [2.24, 2.45) is 0 Å². The summed E-state index contributed by atoms with van der Waals surface area (Å²) in [5, 5.41) is 12.8. The van der Waals surface area contributed by atoms with E-state index in [2.05, 4.69) is 22.3 Å². The van der Waals surface area contributed by atoms with Gasteiger partial charge in [0.25, 0.3) is 0 Å². The molecule has 1 aliphatic heterocycles. The molecule has 0 amide bonds.